The molecule has 1 N–H and O–H groups in total. The van der Waals surface area contributed by atoms with Gasteiger partial charge in [-0.05, 0) is 52.2 Å². The van der Waals surface area contributed by atoms with E-state index >= 15 is 0 Å². The van der Waals surface area contributed by atoms with Crippen LogP contribution in [-0.4, -0.2) is 30.9 Å². The summed E-state index contributed by atoms with van der Waals surface area (Å²) in [7, 11) is -3.65. The van der Waals surface area contributed by atoms with Crippen molar-refractivity contribution >= 4 is 37.7 Å². The monoisotopic (exact) mass is 393 g/mol. The van der Waals surface area contributed by atoms with Gasteiger partial charge in [0.05, 0.1) is 17.5 Å². The number of thiophene rings is 1. The summed E-state index contributed by atoms with van der Waals surface area (Å²) in [5, 5.41) is 13.0. The van der Waals surface area contributed by atoms with E-state index < -0.39 is 27.4 Å². The number of sulfone groups is 1. The highest BCUT2D eigenvalue weighted by molar-refractivity contribution is 7.90. The van der Waals surface area contributed by atoms with Gasteiger partial charge in [-0.1, -0.05) is 18.2 Å². The second-order valence-electron chi connectivity index (χ2n) is 5.90. The van der Waals surface area contributed by atoms with Crippen molar-refractivity contribution in [1.29, 1.82) is 0 Å². The maximum Gasteiger partial charge on any atom is 0.233 e. The average Bonchev–Trinajstić information content (AvgIpc) is 3.07. The topological polar surface area (TPSA) is 74.7 Å². The van der Waals surface area contributed by atoms with Gasteiger partial charge in [-0.25, -0.2) is 17.9 Å². The second-order valence-corrected chi connectivity index (χ2v) is 8.96. The Bertz CT molecular complexity index is 1020. The fourth-order valence-electron chi connectivity index (χ4n) is 2.74. The lowest BCUT2D eigenvalue weighted by atomic mass is 10.1. The Kier molecular flexibility index (Phi) is 5.36. The Labute approximate surface area is 154 Å². The number of halogens is 1. The molecule has 0 aliphatic rings. The van der Waals surface area contributed by atoms with E-state index in [0.717, 1.165) is 22.2 Å². The molecule has 0 spiro atoms. The van der Waals surface area contributed by atoms with Crippen molar-refractivity contribution in [3.05, 3.63) is 70.9 Å². The van der Waals surface area contributed by atoms with E-state index in [1.807, 2.05) is 23.6 Å². The molecule has 1 amide bonds. The highest BCUT2D eigenvalue weighted by Crippen LogP contribution is 2.25. The van der Waals surface area contributed by atoms with Crippen molar-refractivity contribution in [3.8, 4) is 0 Å². The van der Waals surface area contributed by atoms with Gasteiger partial charge in [-0.2, -0.15) is 0 Å². The first-order chi connectivity index (χ1) is 12.4. The van der Waals surface area contributed by atoms with Gasteiger partial charge in [0.15, 0.2) is 9.84 Å². The molecular formula is C18H16FNO4S2. The maximum atomic E-state index is 13.1. The molecule has 0 aliphatic carbocycles. The number of amides is 1. The third-order valence-electron chi connectivity index (χ3n) is 4.00. The molecule has 3 rings (SSSR count). The first-order valence-electron chi connectivity index (χ1n) is 7.72. The quantitative estimate of drug-likeness (QED) is 0.378. The number of hydrogen-bond acceptors (Lipinski definition) is 5. The molecule has 1 aromatic heterocycles. The SMILES string of the molecule is O=CN(O)C(CS(=O)(=O)Cc1ccc2sccc2c1)c1ccc(F)cc1. The highest BCUT2D eigenvalue weighted by atomic mass is 32.2. The van der Waals surface area contributed by atoms with Crippen LogP contribution in [0.2, 0.25) is 0 Å². The van der Waals surface area contributed by atoms with Crippen molar-refractivity contribution in [2.75, 3.05) is 5.75 Å². The smallest absolute Gasteiger partial charge is 0.233 e. The molecule has 3 aromatic rings. The third-order valence-corrected chi connectivity index (χ3v) is 6.49. The predicted octanol–water partition coefficient (Wildman–Crippen LogP) is 3.54. The Morgan fingerprint density at radius 3 is 2.58 bits per heavy atom. The number of hydrogen-bond donors (Lipinski definition) is 1. The molecule has 1 heterocycles. The normalized spacial score (nSPS) is 12.8. The molecule has 136 valence electrons. The van der Waals surface area contributed by atoms with Crippen LogP contribution in [0.25, 0.3) is 10.1 Å². The molecule has 0 bridgehead atoms. The number of carbonyl (C=O) groups excluding carboxylic acids is 1. The van der Waals surface area contributed by atoms with Crippen LogP contribution >= 0.6 is 11.3 Å². The highest BCUT2D eigenvalue weighted by Gasteiger charge is 2.26. The van der Waals surface area contributed by atoms with Crippen LogP contribution in [-0.2, 0) is 20.4 Å². The summed E-state index contributed by atoms with van der Waals surface area (Å²) in [6.45, 7) is 0. The minimum absolute atomic E-state index is 0.140. The fraction of sp³-hybridized carbons (Fsp3) is 0.167. The lowest BCUT2D eigenvalue weighted by molar-refractivity contribution is -0.158. The number of rotatable bonds is 7. The molecule has 0 saturated heterocycles. The van der Waals surface area contributed by atoms with Gasteiger partial charge in [0.25, 0.3) is 0 Å². The van der Waals surface area contributed by atoms with Crippen LogP contribution in [0.3, 0.4) is 0 Å². The first-order valence-corrected chi connectivity index (χ1v) is 10.4. The standard InChI is InChI=1S/C18H16FNO4S2/c19-16-4-2-14(3-5-16)17(20(22)12-21)11-26(23,24)10-13-1-6-18-15(9-13)7-8-25-18/h1-9,12,17,22H,10-11H2. The molecule has 8 heteroatoms. The van der Waals surface area contributed by atoms with Gasteiger partial charge in [-0.15, -0.1) is 11.3 Å². The van der Waals surface area contributed by atoms with Gasteiger partial charge < -0.3 is 0 Å². The Hall–Kier alpha value is -2.29. The molecule has 0 aliphatic heterocycles. The zero-order valence-electron chi connectivity index (χ0n) is 13.6. The summed E-state index contributed by atoms with van der Waals surface area (Å²) >= 11 is 1.57. The van der Waals surface area contributed by atoms with E-state index in [1.165, 1.54) is 12.1 Å². The average molecular weight is 393 g/mol. The summed E-state index contributed by atoms with van der Waals surface area (Å²) in [5.41, 5.74) is 0.960. The number of carbonyl (C=O) groups is 1. The van der Waals surface area contributed by atoms with E-state index in [1.54, 1.807) is 17.4 Å². The molecular weight excluding hydrogens is 377 g/mol. The van der Waals surface area contributed by atoms with E-state index in [0.29, 0.717) is 16.2 Å². The van der Waals surface area contributed by atoms with Gasteiger partial charge in [0, 0.05) is 4.70 Å². The van der Waals surface area contributed by atoms with Crippen molar-refractivity contribution in [1.82, 2.24) is 5.06 Å². The molecule has 5 nitrogen and oxygen atoms in total. The Balaban J connectivity index is 1.84. The van der Waals surface area contributed by atoms with Crippen LogP contribution < -0.4 is 0 Å². The molecule has 1 atom stereocenters. The molecule has 0 saturated carbocycles. The van der Waals surface area contributed by atoms with E-state index in [-0.39, 0.29) is 12.2 Å². The van der Waals surface area contributed by atoms with Crippen LogP contribution in [0.15, 0.2) is 53.9 Å². The van der Waals surface area contributed by atoms with Gasteiger partial charge in [0.1, 0.15) is 5.82 Å². The van der Waals surface area contributed by atoms with Crippen molar-refractivity contribution in [2.24, 2.45) is 0 Å². The van der Waals surface area contributed by atoms with Crippen LogP contribution in [0.1, 0.15) is 17.2 Å². The zero-order valence-corrected chi connectivity index (χ0v) is 15.2. The number of benzene rings is 2. The third kappa shape index (κ3) is 4.27. The second kappa shape index (κ2) is 7.53. The summed E-state index contributed by atoms with van der Waals surface area (Å²) in [5.74, 6) is -1.19. The van der Waals surface area contributed by atoms with E-state index in [2.05, 4.69) is 0 Å². The summed E-state index contributed by atoms with van der Waals surface area (Å²) < 4.78 is 39.4. The number of hydroxylamine groups is 2. The van der Waals surface area contributed by atoms with Gasteiger partial charge in [-0.3, -0.25) is 10.0 Å². The molecule has 2 aromatic carbocycles. The molecule has 0 fully saturated rings. The first kappa shape index (κ1) is 18.5. The minimum Gasteiger partial charge on any atom is -0.285 e. The summed E-state index contributed by atoms with van der Waals surface area (Å²) in [6.07, 6.45) is 0.140. The van der Waals surface area contributed by atoms with Crippen LogP contribution in [0, 0.1) is 5.82 Å². The number of fused-ring (bicyclic) bond motifs is 1. The maximum absolute atomic E-state index is 13.1. The van der Waals surface area contributed by atoms with Crippen molar-refractivity contribution < 1.29 is 22.8 Å². The van der Waals surface area contributed by atoms with Crippen molar-refractivity contribution in [3.63, 3.8) is 0 Å². The zero-order chi connectivity index (χ0) is 18.7. The number of nitrogens with zero attached hydrogens (tertiary/aromatic N) is 1. The summed E-state index contributed by atoms with van der Waals surface area (Å²) in [4.78, 5) is 11.0. The minimum atomic E-state index is -3.65. The van der Waals surface area contributed by atoms with Gasteiger partial charge >= 0.3 is 0 Å². The van der Waals surface area contributed by atoms with E-state index in [9.17, 15) is 22.8 Å². The van der Waals surface area contributed by atoms with E-state index in [4.69, 9.17) is 0 Å². The molecule has 0 radical (unpaired) electrons. The lowest BCUT2D eigenvalue weighted by Crippen LogP contribution is -2.30. The fourth-order valence-corrected chi connectivity index (χ4v) is 5.15. The Morgan fingerprint density at radius 2 is 1.88 bits per heavy atom. The summed E-state index contributed by atoms with van der Waals surface area (Å²) in [6, 6.07) is 11.2. The van der Waals surface area contributed by atoms with Gasteiger partial charge in [0.2, 0.25) is 6.41 Å². The Morgan fingerprint density at radius 1 is 1.15 bits per heavy atom. The lowest BCUT2D eigenvalue weighted by Gasteiger charge is -2.23. The molecule has 26 heavy (non-hydrogen) atoms. The molecule has 1 unspecified atom stereocenters. The predicted molar refractivity (Wildman–Crippen MR) is 98.1 cm³/mol. The van der Waals surface area contributed by atoms with Crippen molar-refractivity contribution in [2.45, 2.75) is 11.8 Å². The largest absolute Gasteiger partial charge is 0.285 e. The van der Waals surface area contributed by atoms with Crippen LogP contribution in [0.4, 0.5) is 4.39 Å². The van der Waals surface area contributed by atoms with Crippen LogP contribution in [0.5, 0.6) is 0 Å².